The number of amides is 2. The Morgan fingerprint density at radius 2 is 2.24 bits per heavy atom. The van der Waals surface area contributed by atoms with Crippen LogP contribution < -0.4 is 5.32 Å². The number of hydrogen-bond donors (Lipinski definition) is 1. The second-order valence-electron chi connectivity index (χ2n) is 5.34. The highest BCUT2D eigenvalue weighted by Gasteiger charge is 2.35. The highest BCUT2D eigenvalue weighted by Crippen LogP contribution is 2.25. The Labute approximate surface area is 102 Å². The maximum atomic E-state index is 11.9. The van der Waals surface area contributed by atoms with Crippen LogP contribution in [0.5, 0.6) is 0 Å². The monoisotopic (exact) mass is 239 g/mol. The number of fused-ring (bicyclic) bond motifs is 1. The number of rotatable bonds is 2. The van der Waals surface area contributed by atoms with Gasteiger partial charge >= 0.3 is 0 Å². The maximum Gasteiger partial charge on any atom is 0.236 e. The highest BCUT2D eigenvalue weighted by molar-refractivity contribution is 5.79. The molecule has 5 heteroatoms. The van der Waals surface area contributed by atoms with Crippen LogP contribution >= 0.6 is 0 Å². The molecule has 2 amide bonds. The van der Waals surface area contributed by atoms with Crippen LogP contribution in [0.25, 0.3) is 0 Å². The average molecular weight is 239 g/mol. The molecule has 2 atom stereocenters. The Balaban J connectivity index is 1.89. The van der Waals surface area contributed by atoms with Crippen LogP contribution in [0.15, 0.2) is 0 Å². The summed E-state index contributed by atoms with van der Waals surface area (Å²) >= 11 is 0. The van der Waals surface area contributed by atoms with Gasteiger partial charge in [0.25, 0.3) is 0 Å². The van der Waals surface area contributed by atoms with Gasteiger partial charge in [0.1, 0.15) is 0 Å². The molecule has 0 spiro atoms. The van der Waals surface area contributed by atoms with Gasteiger partial charge in [-0.25, -0.2) is 0 Å². The van der Waals surface area contributed by atoms with Crippen molar-refractivity contribution in [3.63, 3.8) is 0 Å². The van der Waals surface area contributed by atoms with Gasteiger partial charge in [-0.1, -0.05) is 0 Å². The van der Waals surface area contributed by atoms with Gasteiger partial charge < -0.3 is 15.1 Å². The second-order valence-corrected chi connectivity index (χ2v) is 5.34. The van der Waals surface area contributed by atoms with Crippen LogP contribution in [0.4, 0.5) is 0 Å². The number of carbonyl (C=O) groups is 2. The molecule has 2 aliphatic heterocycles. The molecule has 5 nitrogen and oxygen atoms in total. The third-order valence-corrected chi connectivity index (χ3v) is 3.63. The van der Waals surface area contributed by atoms with Crippen LogP contribution in [-0.4, -0.2) is 61.4 Å². The molecule has 0 bridgehead atoms. The normalized spacial score (nSPS) is 28.9. The molecule has 0 aromatic carbocycles. The summed E-state index contributed by atoms with van der Waals surface area (Å²) in [6.07, 6.45) is 2.43. The molecule has 2 aliphatic rings. The summed E-state index contributed by atoms with van der Waals surface area (Å²) in [7, 11) is 3.82. The Bertz CT molecular complexity index is 317. The van der Waals surface area contributed by atoms with Gasteiger partial charge in [0.2, 0.25) is 11.8 Å². The first-order valence-corrected chi connectivity index (χ1v) is 6.28. The van der Waals surface area contributed by atoms with Crippen LogP contribution in [-0.2, 0) is 9.59 Å². The van der Waals surface area contributed by atoms with E-state index in [-0.39, 0.29) is 11.8 Å². The van der Waals surface area contributed by atoms with Crippen molar-refractivity contribution in [3.05, 3.63) is 0 Å². The predicted molar refractivity (Wildman–Crippen MR) is 64.4 cm³/mol. The van der Waals surface area contributed by atoms with Crippen LogP contribution in [0.2, 0.25) is 0 Å². The Hall–Kier alpha value is -1.10. The van der Waals surface area contributed by atoms with E-state index >= 15 is 0 Å². The van der Waals surface area contributed by atoms with E-state index in [1.807, 2.05) is 23.9 Å². The predicted octanol–water partition coefficient (Wildman–Crippen LogP) is -0.325. The van der Waals surface area contributed by atoms with Gasteiger partial charge in [0.15, 0.2) is 0 Å². The first-order valence-electron chi connectivity index (χ1n) is 6.28. The second kappa shape index (κ2) is 5.04. The van der Waals surface area contributed by atoms with Crippen molar-refractivity contribution in [2.75, 3.05) is 33.7 Å². The Kier molecular flexibility index (Phi) is 3.66. The zero-order valence-corrected chi connectivity index (χ0v) is 10.6. The zero-order chi connectivity index (χ0) is 12.4. The van der Waals surface area contributed by atoms with Gasteiger partial charge in [-0.2, -0.15) is 0 Å². The smallest absolute Gasteiger partial charge is 0.236 e. The minimum absolute atomic E-state index is 0.166. The van der Waals surface area contributed by atoms with Crippen molar-refractivity contribution in [1.82, 2.24) is 15.1 Å². The first kappa shape index (κ1) is 12.4. The van der Waals surface area contributed by atoms with Crippen LogP contribution in [0.1, 0.15) is 19.3 Å². The summed E-state index contributed by atoms with van der Waals surface area (Å²) in [6, 6.07) is 0.291. The largest absolute Gasteiger partial charge is 0.353 e. The van der Waals surface area contributed by atoms with E-state index in [1.165, 1.54) is 0 Å². The molecule has 0 aromatic heterocycles. The van der Waals surface area contributed by atoms with Gasteiger partial charge in [0, 0.05) is 25.6 Å². The van der Waals surface area contributed by atoms with E-state index in [9.17, 15) is 9.59 Å². The fraction of sp³-hybridized carbons (Fsp3) is 0.833. The summed E-state index contributed by atoms with van der Waals surface area (Å²) < 4.78 is 0. The summed E-state index contributed by atoms with van der Waals surface area (Å²) in [4.78, 5) is 27.1. The Morgan fingerprint density at radius 1 is 1.47 bits per heavy atom. The van der Waals surface area contributed by atoms with Crippen molar-refractivity contribution in [1.29, 1.82) is 0 Å². The minimum Gasteiger partial charge on any atom is -0.353 e. The summed E-state index contributed by atoms with van der Waals surface area (Å²) in [6.45, 7) is 2.05. The van der Waals surface area contributed by atoms with E-state index in [1.54, 1.807) is 0 Å². The number of likely N-dealkylation sites (N-methyl/N-ethyl adjacent to an activating group) is 1. The Morgan fingerprint density at radius 3 is 2.94 bits per heavy atom. The molecular weight excluding hydrogens is 218 g/mol. The molecule has 0 saturated carbocycles. The lowest BCUT2D eigenvalue weighted by Gasteiger charge is -2.41. The number of likely N-dealkylation sites (tertiary alicyclic amines) is 1. The van der Waals surface area contributed by atoms with Crippen molar-refractivity contribution in [2.45, 2.75) is 25.3 Å². The van der Waals surface area contributed by atoms with E-state index in [2.05, 4.69) is 5.32 Å². The lowest BCUT2D eigenvalue weighted by molar-refractivity contribution is -0.135. The van der Waals surface area contributed by atoms with Crippen molar-refractivity contribution < 1.29 is 9.59 Å². The fourth-order valence-corrected chi connectivity index (χ4v) is 2.71. The van der Waals surface area contributed by atoms with Crippen LogP contribution in [0, 0.1) is 5.92 Å². The summed E-state index contributed by atoms with van der Waals surface area (Å²) in [5.41, 5.74) is 0. The zero-order valence-electron chi connectivity index (χ0n) is 10.6. The number of piperidine rings is 2. The van der Waals surface area contributed by atoms with Gasteiger partial charge in [-0.3, -0.25) is 9.59 Å². The quantitative estimate of drug-likeness (QED) is 0.718. The molecule has 0 aliphatic carbocycles. The number of nitrogens with zero attached hydrogens (tertiary/aromatic N) is 2. The van der Waals surface area contributed by atoms with Gasteiger partial charge in [-0.05, 0) is 32.9 Å². The molecule has 2 rings (SSSR count). The fourth-order valence-electron chi connectivity index (χ4n) is 2.71. The molecule has 17 heavy (non-hydrogen) atoms. The average Bonchev–Trinajstić information content (AvgIpc) is 2.27. The molecule has 2 fully saturated rings. The molecular formula is C12H21N3O2. The number of hydrogen-bond acceptors (Lipinski definition) is 3. The SMILES string of the molecule is CN(C)CC(=O)N1CCC2NC(=O)CCC2C1. The topological polar surface area (TPSA) is 52.7 Å². The van der Waals surface area contributed by atoms with Crippen molar-refractivity contribution in [3.8, 4) is 0 Å². The highest BCUT2D eigenvalue weighted by atomic mass is 16.2. The minimum atomic E-state index is 0.166. The van der Waals surface area contributed by atoms with Crippen molar-refractivity contribution in [2.24, 2.45) is 5.92 Å². The molecule has 2 unspecified atom stereocenters. The third-order valence-electron chi connectivity index (χ3n) is 3.63. The summed E-state index contributed by atoms with van der Waals surface area (Å²) in [5, 5.41) is 3.03. The first-order chi connectivity index (χ1) is 8.06. The number of nitrogens with one attached hydrogen (secondary N) is 1. The lowest BCUT2D eigenvalue weighted by Crippen LogP contribution is -2.55. The molecule has 0 radical (unpaired) electrons. The van der Waals surface area contributed by atoms with Crippen LogP contribution in [0.3, 0.4) is 0 Å². The van der Waals surface area contributed by atoms with E-state index < -0.39 is 0 Å². The molecule has 0 aromatic rings. The molecule has 2 saturated heterocycles. The number of carbonyl (C=O) groups excluding carboxylic acids is 2. The van der Waals surface area contributed by atoms with E-state index in [4.69, 9.17) is 0 Å². The third kappa shape index (κ3) is 2.97. The molecule has 96 valence electrons. The standard InChI is InChI=1S/C12H21N3O2/c1-14(2)8-12(17)15-6-5-10-9(7-15)3-4-11(16)13-10/h9-10H,3-8H2,1-2H3,(H,13,16). The molecule has 2 heterocycles. The van der Waals surface area contributed by atoms with Gasteiger partial charge in [0.05, 0.1) is 6.54 Å². The van der Waals surface area contributed by atoms with E-state index in [0.29, 0.717) is 24.9 Å². The van der Waals surface area contributed by atoms with Crippen molar-refractivity contribution >= 4 is 11.8 Å². The van der Waals surface area contributed by atoms with Gasteiger partial charge in [-0.15, -0.1) is 0 Å². The maximum absolute atomic E-state index is 11.9. The molecule has 1 N–H and O–H groups in total. The summed E-state index contributed by atoms with van der Waals surface area (Å²) in [5.74, 6) is 0.817. The van der Waals surface area contributed by atoms with E-state index in [0.717, 1.165) is 25.9 Å². The lowest BCUT2D eigenvalue weighted by atomic mass is 9.85.